The molecule has 3 amide bonds. The highest BCUT2D eigenvalue weighted by atomic mass is 35.5. The summed E-state index contributed by atoms with van der Waals surface area (Å²) in [6.45, 7) is 0. The summed E-state index contributed by atoms with van der Waals surface area (Å²) >= 11 is 6.05. The Hall–Kier alpha value is -2.67. The van der Waals surface area contributed by atoms with E-state index in [2.05, 4.69) is 10.3 Å². The maximum absolute atomic E-state index is 11.4. The maximum atomic E-state index is 11.4. The van der Waals surface area contributed by atoms with E-state index in [1.54, 1.807) is 18.2 Å². The van der Waals surface area contributed by atoms with E-state index in [-0.39, 0.29) is 11.4 Å². The zero-order valence-electron chi connectivity index (χ0n) is 11.1. The van der Waals surface area contributed by atoms with Crippen molar-refractivity contribution in [2.45, 2.75) is 0 Å². The standard InChI is InChI=1S/C13H13ClN4O3/c1-21-10-3-2-6(4-8(10)14)9-5-7(11(15)19)12(17-9)18-13(16)20/h2-5,17H,1H3,(H2,15,19)(H3,16,18,20). The fraction of sp³-hybridized carbons (Fsp3) is 0.0769. The molecule has 7 nitrogen and oxygen atoms in total. The number of hydrogen-bond donors (Lipinski definition) is 4. The lowest BCUT2D eigenvalue weighted by atomic mass is 10.1. The van der Waals surface area contributed by atoms with E-state index >= 15 is 0 Å². The molecule has 0 unspecified atom stereocenters. The first kappa shape index (κ1) is 14.7. The van der Waals surface area contributed by atoms with E-state index < -0.39 is 11.9 Å². The van der Waals surface area contributed by atoms with E-state index in [1.807, 2.05) is 0 Å². The van der Waals surface area contributed by atoms with E-state index in [0.717, 1.165) is 0 Å². The summed E-state index contributed by atoms with van der Waals surface area (Å²) < 4.78 is 5.07. The molecule has 21 heavy (non-hydrogen) atoms. The van der Waals surface area contributed by atoms with Crippen molar-refractivity contribution in [3.05, 3.63) is 34.9 Å². The molecule has 1 aromatic carbocycles. The number of carbonyl (C=O) groups is 2. The third-order valence-corrected chi connectivity index (χ3v) is 3.09. The first-order valence-electron chi connectivity index (χ1n) is 5.85. The average Bonchev–Trinajstić information content (AvgIpc) is 2.81. The molecule has 0 bridgehead atoms. The number of methoxy groups -OCH3 is 1. The topological polar surface area (TPSA) is 123 Å². The molecule has 0 radical (unpaired) electrons. The summed E-state index contributed by atoms with van der Waals surface area (Å²) in [4.78, 5) is 25.2. The minimum absolute atomic E-state index is 0.121. The van der Waals surface area contributed by atoms with Gasteiger partial charge >= 0.3 is 6.03 Å². The zero-order valence-corrected chi connectivity index (χ0v) is 11.8. The van der Waals surface area contributed by atoms with Gasteiger partial charge in [0.15, 0.2) is 0 Å². The predicted molar refractivity (Wildman–Crippen MR) is 79.5 cm³/mol. The summed E-state index contributed by atoms with van der Waals surface area (Å²) in [6, 6.07) is 5.79. The molecule has 0 aliphatic heterocycles. The predicted octanol–water partition coefficient (Wildman–Crippen LogP) is 1.93. The number of H-pyrrole nitrogens is 1. The molecule has 0 spiro atoms. The van der Waals surface area contributed by atoms with Gasteiger partial charge in [-0.15, -0.1) is 0 Å². The van der Waals surface area contributed by atoms with Crippen LogP contribution in [0.25, 0.3) is 11.3 Å². The molecule has 2 aromatic rings. The molecule has 2 rings (SSSR count). The Bertz CT molecular complexity index is 711. The van der Waals surface area contributed by atoms with Gasteiger partial charge in [-0.3, -0.25) is 10.1 Å². The summed E-state index contributed by atoms with van der Waals surface area (Å²) in [5.41, 5.74) is 11.7. The highest BCUT2D eigenvalue weighted by Crippen LogP contribution is 2.31. The van der Waals surface area contributed by atoms with E-state index in [4.69, 9.17) is 27.8 Å². The van der Waals surface area contributed by atoms with Crippen molar-refractivity contribution in [3.63, 3.8) is 0 Å². The molecule has 1 heterocycles. The summed E-state index contributed by atoms with van der Waals surface area (Å²) in [5, 5.41) is 2.72. The van der Waals surface area contributed by atoms with Crippen molar-refractivity contribution in [2.75, 3.05) is 12.4 Å². The second kappa shape index (κ2) is 5.76. The highest BCUT2D eigenvalue weighted by Gasteiger charge is 2.15. The van der Waals surface area contributed by atoms with Crippen LogP contribution in [0.4, 0.5) is 10.6 Å². The third-order valence-electron chi connectivity index (χ3n) is 2.79. The van der Waals surface area contributed by atoms with Crippen molar-refractivity contribution < 1.29 is 14.3 Å². The van der Waals surface area contributed by atoms with Crippen LogP contribution in [0.2, 0.25) is 5.02 Å². The summed E-state index contributed by atoms with van der Waals surface area (Å²) in [5.74, 6) is -0.0321. The van der Waals surface area contributed by atoms with Crippen molar-refractivity contribution >= 4 is 29.4 Å². The number of amides is 3. The first-order valence-corrected chi connectivity index (χ1v) is 6.23. The molecule has 110 valence electrons. The van der Waals surface area contributed by atoms with Gasteiger partial charge in [0.25, 0.3) is 5.91 Å². The lowest BCUT2D eigenvalue weighted by Gasteiger charge is -2.05. The van der Waals surface area contributed by atoms with Crippen LogP contribution in [0.1, 0.15) is 10.4 Å². The van der Waals surface area contributed by atoms with Gasteiger partial charge in [-0.1, -0.05) is 11.6 Å². The molecule has 0 aliphatic carbocycles. The molecule has 0 saturated carbocycles. The monoisotopic (exact) mass is 308 g/mol. The molecular formula is C13H13ClN4O3. The molecule has 0 atom stereocenters. The van der Waals surface area contributed by atoms with Gasteiger partial charge < -0.3 is 21.2 Å². The fourth-order valence-electron chi connectivity index (χ4n) is 1.86. The van der Waals surface area contributed by atoms with Gasteiger partial charge in [-0.05, 0) is 29.8 Å². The number of benzene rings is 1. The number of aromatic amines is 1. The van der Waals surface area contributed by atoms with Crippen molar-refractivity contribution in [3.8, 4) is 17.0 Å². The molecule has 6 N–H and O–H groups in total. The third kappa shape index (κ3) is 3.09. The number of ether oxygens (including phenoxy) is 1. The molecule has 1 aromatic heterocycles. The summed E-state index contributed by atoms with van der Waals surface area (Å²) in [6.07, 6.45) is 0. The van der Waals surface area contributed by atoms with Crippen LogP contribution in [-0.4, -0.2) is 24.0 Å². The Morgan fingerprint density at radius 2 is 2.00 bits per heavy atom. The van der Waals surface area contributed by atoms with Gasteiger partial charge in [-0.2, -0.15) is 0 Å². The van der Waals surface area contributed by atoms with E-state index in [1.165, 1.54) is 13.2 Å². The number of halogens is 1. The second-order valence-corrected chi connectivity index (χ2v) is 4.58. The summed E-state index contributed by atoms with van der Waals surface area (Å²) in [7, 11) is 1.51. The minimum Gasteiger partial charge on any atom is -0.495 e. The van der Waals surface area contributed by atoms with Crippen LogP contribution >= 0.6 is 11.6 Å². The number of aromatic nitrogens is 1. The maximum Gasteiger partial charge on any atom is 0.317 e. The molecule has 0 saturated heterocycles. The van der Waals surface area contributed by atoms with Crippen LogP contribution in [-0.2, 0) is 0 Å². The number of rotatable bonds is 4. The number of primary amides is 2. The Morgan fingerprint density at radius 1 is 1.29 bits per heavy atom. The smallest absolute Gasteiger partial charge is 0.317 e. The normalized spacial score (nSPS) is 10.2. The van der Waals surface area contributed by atoms with E-state index in [9.17, 15) is 9.59 Å². The van der Waals surface area contributed by atoms with Crippen molar-refractivity contribution in [1.29, 1.82) is 0 Å². The van der Waals surface area contributed by atoms with E-state index in [0.29, 0.717) is 22.0 Å². The quantitative estimate of drug-likeness (QED) is 0.690. The van der Waals surface area contributed by atoms with Crippen LogP contribution in [0, 0.1) is 0 Å². The lowest BCUT2D eigenvalue weighted by molar-refractivity contribution is 0.100. The van der Waals surface area contributed by atoms with Crippen LogP contribution < -0.4 is 21.5 Å². The Balaban J connectivity index is 2.47. The Kier molecular flexibility index (Phi) is 4.04. The van der Waals surface area contributed by atoms with Gasteiger partial charge in [-0.25, -0.2) is 4.79 Å². The van der Waals surface area contributed by atoms with Crippen LogP contribution in [0.15, 0.2) is 24.3 Å². The number of urea groups is 1. The first-order chi connectivity index (χ1) is 9.92. The number of carbonyl (C=O) groups excluding carboxylic acids is 2. The molecule has 8 heteroatoms. The van der Waals surface area contributed by atoms with Crippen LogP contribution in [0.3, 0.4) is 0 Å². The van der Waals surface area contributed by atoms with Crippen molar-refractivity contribution in [2.24, 2.45) is 11.5 Å². The number of nitrogens with two attached hydrogens (primary N) is 2. The van der Waals surface area contributed by atoms with Crippen molar-refractivity contribution in [1.82, 2.24) is 4.98 Å². The van der Waals surface area contributed by atoms with Gasteiger partial charge in [0.1, 0.15) is 11.6 Å². The number of hydrogen-bond acceptors (Lipinski definition) is 3. The lowest BCUT2D eigenvalue weighted by Crippen LogP contribution is -2.22. The second-order valence-electron chi connectivity index (χ2n) is 4.17. The van der Waals surface area contributed by atoms with Crippen LogP contribution in [0.5, 0.6) is 5.75 Å². The zero-order chi connectivity index (χ0) is 15.6. The van der Waals surface area contributed by atoms with Gasteiger partial charge in [0.05, 0.1) is 17.7 Å². The van der Waals surface area contributed by atoms with Gasteiger partial charge in [0, 0.05) is 5.69 Å². The fourth-order valence-corrected chi connectivity index (χ4v) is 2.12. The average molecular weight is 309 g/mol. The Morgan fingerprint density at radius 3 is 2.52 bits per heavy atom. The largest absolute Gasteiger partial charge is 0.495 e. The molecule has 0 aliphatic rings. The SMILES string of the molecule is COc1ccc(-c2cc(C(N)=O)c(NC(N)=O)[nH]2)cc1Cl. The highest BCUT2D eigenvalue weighted by molar-refractivity contribution is 6.32. The number of nitrogens with one attached hydrogen (secondary N) is 2. The Labute approximate surface area is 125 Å². The number of anilines is 1. The van der Waals surface area contributed by atoms with Gasteiger partial charge in [0.2, 0.25) is 0 Å². The molecular weight excluding hydrogens is 296 g/mol. The molecule has 0 fully saturated rings. The minimum atomic E-state index is -0.807.